The van der Waals surface area contributed by atoms with Gasteiger partial charge in [-0.1, -0.05) is 41.9 Å². The summed E-state index contributed by atoms with van der Waals surface area (Å²) in [6.45, 7) is 1.65. The summed E-state index contributed by atoms with van der Waals surface area (Å²) in [5.41, 5.74) is 3.67. The zero-order chi connectivity index (χ0) is 22.7. The van der Waals surface area contributed by atoms with Crippen LogP contribution in [0.4, 0.5) is 0 Å². The maximum atomic E-state index is 12.3. The Morgan fingerprint density at radius 3 is 2.53 bits per heavy atom. The number of aliphatic hydroxyl groups excluding tert-OH is 1. The molecule has 0 unspecified atom stereocenters. The smallest absolute Gasteiger partial charge is 0.240 e. The van der Waals surface area contributed by atoms with E-state index < -0.39 is 10.0 Å². The minimum Gasteiger partial charge on any atom is -0.457 e. The molecular formula is C24H21ClN2O4S. The van der Waals surface area contributed by atoms with Crippen LogP contribution >= 0.6 is 11.6 Å². The van der Waals surface area contributed by atoms with Crippen LogP contribution in [0.25, 0.3) is 22.0 Å². The van der Waals surface area contributed by atoms with Gasteiger partial charge >= 0.3 is 0 Å². The molecule has 0 aliphatic heterocycles. The molecule has 164 valence electrons. The number of hydrogen-bond donors (Lipinski definition) is 2. The lowest BCUT2D eigenvalue weighted by Gasteiger charge is -2.13. The second-order valence-electron chi connectivity index (χ2n) is 7.18. The number of hydrogen-bond acceptors (Lipinski definition) is 5. The Kier molecular flexibility index (Phi) is 6.43. The normalized spacial score (nSPS) is 11.6. The van der Waals surface area contributed by atoms with Crippen molar-refractivity contribution in [1.82, 2.24) is 9.71 Å². The maximum absolute atomic E-state index is 12.3. The molecule has 0 spiro atoms. The number of halogens is 1. The topological polar surface area (TPSA) is 88.5 Å². The molecule has 0 atom stereocenters. The van der Waals surface area contributed by atoms with Gasteiger partial charge in [0.2, 0.25) is 10.0 Å². The minimum atomic E-state index is -3.73. The summed E-state index contributed by atoms with van der Waals surface area (Å²) in [5.74, 6) is 0.945. The Bertz CT molecular complexity index is 1390. The van der Waals surface area contributed by atoms with Gasteiger partial charge < -0.3 is 9.84 Å². The van der Waals surface area contributed by atoms with Gasteiger partial charge in [-0.2, -0.15) is 0 Å². The van der Waals surface area contributed by atoms with E-state index in [1.54, 1.807) is 24.4 Å². The van der Waals surface area contributed by atoms with Crippen LogP contribution < -0.4 is 9.46 Å². The molecule has 0 saturated carbocycles. The molecule has 0 aliphatic rings. The summed E-state index contributed by atoms with van der Waals surface area (Å²) in [6, 6.07) is 19.5. The highest BCUT2D eigenvalue weighted by Crippen LogP contribution is 2.35. The summed E-state index contributed by atoms with van der Waals surface area (Å²) >= 11 is 6.34. The number of benzene rings is 3. The summed E-state index contributed by atoms with van der Waals surface area (Å²) in [6.07, 6.45) is 1.80. The molecule has 0 fully saturated rings. The molecule has 0 amide bonds. The van der Waals surface area contributed by atoms with Crippen LogP contribution in [-0.4, -0.2) is 31.7 Å². The summed E-state index contributed by atoms with van der Waals surface area (Å²) in [5, 5.41) is 10.4. The highest BCUT2D eigenvalue weighted by molar-refractivity contribution is 7.89. The fourth-order valence-electron chi connectivity index (χ4n) is 3.49. The number of aromatic nitrogens is 1. The monoisotopic (exact) mass is 468 g/mol. The molecule has 0 radical (unpaired) electrons. The van der Waals surface area contributed by atoms with Crippen molar-refractivity contribution in [1.29, 1.82) is 0 Å². The number of nitrogens with zero attached hydrogens (tertiary/aromatic N) is 1. The molecule has 3 aromatic carbocycles. The van der Waals surface area contributed by atoms with Crippen molar-refractivity contribution in [3.8, 4) is 22.6 Å². The van der Waals surface area contributed by atoms with Crippen molar-refractivity contribution >= 4 is 32.5 Å². The first-order valence-electron chi connectivity index (χ1n) is 9.92. The number of aliphatic hydroxyl groups is 1. The zero-order valence-electron chi connectivity index (χ0n) is 17.2. The van der Waals surface area contributed by atoms with Gasteiger partial charge in [0.25, 0.3) is 0 Å². The van der Waals surface area contributed by atoms with Crippen molar-refractivity contribution in [2.75, 3.05) is 13.2 Å². The quantitative estimate of drug-likeness (QED) is 0.401. The predicted molar refractivity (Wildman–Crippen MR) is 126 cm³/mol. The van der Waals surface area contributed by atoms with E-state index in [2.05, 4.69) is 9.71 Å². The highest BCUT2D eigenvalue weighted by Gasteiger charge is 2.15. The molecule has 8 heteroatoms. The Morgan fingerprint density at radius 1 is 1.03 bits per heavy atom. The SMILES string of the molecule is Cc1cnc2c(Cl)cccc2c1-c1cccc(Oc2cccc(S(=O)(=O)NCCO)c2)c1. The Morgan fingerprint density at radius 2 is 1.75 bits per heavy atom. The molecule has 4 aromatic rings. The molecular weight excluding hydrogens is 448 g/mol. The molecule has 4 rings (SSSR count). The number of pyridine rings is 1. The third-order valence-corrected chi connectivity index (χ3v) is 6.68. The third kappa shape index (κ3) is 4.61. The lowest BCUT2D eigenvalue weighted by molar-refractivity contribution is 0.301. The van der Waals surface area contributed by atoms with Crippen LogP contribution in [0.2, 0.25) is 5.02 Å². The van der Waals surface area contributed by atoms with E-state index >= 15 is 0 Å². The van der Waals surface area contributed by atoms with Gasteiger partial charge in [-0.15, -0.1) is 0 Å². The van der Waals surface area contributed by atoms with Crippen molar-refractivity contribution in [3.05, 3.63) is 83.5 Å². The van der Waals surface area contributed by atoms with E-state index in [-0.39, 0.29) is 18.0 Å². The fraction of sp³-hybridized carbons (Fsp3) is 0.125. The number of nitrogens with one attached hydrogen (secondary N) is 1. The van der Waals surface area contributed by atoms with Crippen molar-refractivity contribution in [2.24, 2.45) is 0 Å². The van der Waals surface area contributed by atoms with Crippen LogP contribution in [0.3, 0.4) is 0 Å². The van der Waals surface area contributed by atoms with E-state index in [1.165, 1.54) is 12.1 Å². The lowest BCUT2D eigenvalue weighted by atomic mass is 9.97. The second kappa shape index (κ2) is 9.26. The average molecular weight is 469 g/mol. The van der Waals surface area contributed by atoms with Crippen molar-refractivity contribution < 1.29 is 18.3 Å². The van der Waals surface area contributed by atoms with Crippen LogP contribution in [0, 0.1) is 6.92 Å². The first kappa shape index (κ1) is 22.2. The summed E-state index contributed by atoms with van der Waals surface area (Å²) in [7, 11) is -3.73. The Labute approximate surface area is 191 Å². The standard InChI is InChI=1S/C24H21ClN2O4S/c1-16-15-26-24-21(9-4-10-22(24)25)23(16)17-5-2-6-18(13-17)31-19-7-3-8-20(14-19)32(29,30)27-11-12-28/h2-10,13-15,27-28H,11-12H2,1H3. The van der Waals surface area contributed by atoms with Gasteiger partial charge in [0, 0.05) is 24.2 Å². The zero-order valence-corrected chi connectivity index (χ0v) is 18.8. The van der Waals surface area contributed by atoms with E-state index in [0.29, 0.717) is 16.5 Å². The van der Waals surface area contributed by atoms with Crippen LogP contribution in [0.15, 0.2) is 77.8 Å². The Hall–Kier alpha value is -2.97. The first-order chi connectivity index (χ1) is 15.4. The van der Waals surface area contributed by atoms with Gasteiger partial charge in [-0.05, 0) is 53.9 Å². The van der Waals surface area contributed by atoms with E-state index in [0.717, 1.165) is 27.6 Å². The molecule has 0 bridgehead atoms. The largest absolute Gasteiger partial charge is 0.457 e. The van der Waals surface area contributed by atoms with Crippen molar-refractivity contribution in [3.63, 3.8) is 0 Å². The summed E-state index contributed by atoms with van der Waals surface area (Å²) < 4.78 is 33.0. The van der Waals surface area contributed by atoms with Crippen LogP contribution in [0.1, 0.15) is 5.56 Å². The molecule has 1 aromatic heterocycles. The molecule has 2 N–H and O–H groups in total. The maximum Gasteiger partial charge on any atom is 0.240 e. The van der Waals surface area contributed by atoms with Crippen molar-refractivity contribution in [2.45, 2.75) is 11.8 Å². The first-order valence-corrected chi connectivity index (χ1v) is 11.8. The van der Waals surface area contributed by atoms with Gasteiger partial charge in [0.15, 0.2) is 0 Å². The number of sulfonamides is 1. The number of fused-ring (bicyclic) bond motifs is 1. The molecule has 0 aliphatic carbocycles. The summed E-state index contributed by atoms with van der Waals surface area (Å²) in [4.78, 5) is 4.53. The van der Waals surface area contributed by atoms with Gasteiger partial charge in [0.05, 0.1) is 22.0 Å². The molecule has 1 heterocycles. The number of aryl methyl sites for hydroxylation is 1. The third-order valence-electron chi connectivity index (χ3n) is 4.92. The second-order valence-corrected chi connectivity index (χ2v) is 9.35. The van der Waals surface area contributed by atoms with Crippen LogP contribution in [-0.2, 0) is 10.0 Å². The van der Waals surface area contributed by atoms with Gasteiger partial charge in [-0.25, -0.2) is 13.1 Å². The fourth-order valence-corrected chi connectivity index (χ4v) is 4.77. The number of para-hydroxylation sites is 1. The van der Waals surface area contributed by atoms with E-state index in [9.17, 15) is 8.42 Å². The molecule has 0 saturated heterocycles. The average Bonchev–Trinajstić information content (AvgIpc) is 2.78. The van der Waals surface area contributed by atoms with E-state index in [1.807, 2.05) is 43.3 Å². The van der Waals surface area contributed by atoms with Gasteiger partial charge in [0.1, 0.15) is 11.5 Å². The minimum absolute atomic E-state index is 0.0568. The lowest BCUT2D eigenvalue weighted by Crippen LogP contribution is -2.26. The number of ether oxygens (including phenoxy) is 1. The number of rotatable bonds is 7. The highest BCUT2D eigenvalue weighted by atomic mass is 35.5. The van der Waals surface area contributed by atoms with E-state index in [4.69, 9.17) is 21.4 Å². The predicted octanol–water partition coefficient (Wildman–Crippen LogP) is 4.93. The molecule has 32 heavy (non-hydrogen) atoms. The Balaban J connectivity index is 1.69. The van der Waals surface area contributed by atoms with Gasteiger partial charge in [-0.3, -0.25) is 4.98 Å². The molecule has 6 nitrogen and oxygen atoms in total. The van der Waals surface area contributed by atoms with Crippen LogP contribution in [0.5, 0.6) is 11.5 Å².